The molecule has 1 aliphatic heterocycles. The Bertz CT molecular complexity index is 1080. The molecule has 0 aliphatic carbocycles. The Kier molecular flexibility index (Phi) is 7.73. The van der Waals surface area contributed by atoms with E-state index in [0.29, 0.717) is 19.4 Å². The number of rotatable bonds is 4. The second-order valence-corrected chi connectivity index (χ2v) is 9.34. The van der Waals surface area contributed by atoms with Gasteiger partial charge in [-0.2, -0.15) is 0 Å². The summed E-state index contributed by atoms with van der Waals surface area (Å²) in [4.78, 5) is 39.9. The highest BCUT2D eigenvalue weighted by atomic mass is 16.6. The molecule has 1 fully saturated rings. The number of esters is 1. The van der Waals surface area contributed by atoms with Crippen LogP contribution in [0.5, 0.6) is 17.2 Å². The van der Waals surface area contributed by atoms with Gasteiger partial charge in [0.25, 0.3) is 5.91 Å². The van der Waals surface area contributed by atoms with Crippen molar-refractivity contribution >= 4 is 18.0 Å². The van der Waals surface area contributed by atoms with Crippen LogP contribution in [0.25, 0.3) is 0 Å². The number of benzene rings is 2. The van der Waals surface area contributed by atoms with Crippen molar-refractivity contribution in [1.29, 1.82) is 0 Å². The second kappa shape index (κ2) is 10.5. The minimum atomic E-state index is -0.785. The number of phenolic OH excluding ortho intramolecular Hbond substituents is 3. The third-order valence-corrected chi connectivity index (χ3v) is 5.35. The molecule has 0 unspecified atom stereocenters. The van der Waals surface area contributed by atoms with Gasteiger partial charge in [-0.3, -0.25) is 4.79 Å². The van der Waals surface area contributed by atoms with E-state index in [9.17, 15) is 29.7 Å². The second-order valence-electron chi connectivity index (χ2n) is 9.34. The van der Waals surface area contributed by atoms with Gasteiger partial charge in [0.1, 0.15) is 17.5 Å². The number of ether oxygens (including phenoxy) is 2. The predicted octanol–water partition coefficient (Wildman–Crippen LogP) is 3.16. The molecule has 188 valence electrons. The molecular weight excluding hydrogens is 456 g/mol. The van der Waals surface area contributed by atoms with Crippen LogP contribution in [0.2, 0.25) is 0 Å². The fourth-order valence-electron chi connectivity index (χ4n) is 3.62. The Morgan fingerprint density at radius 1 is 0.971 bits per heavy atom. The van der Waals surface area contributed by atoms with Crippen molar-refractivity contribution in [3.63, 3.8) is 0 Å². The van der Waals surface area contributed by atoms with Gasteiger partial charge in [0.2, 0.25) is 0 Å². The average molecular weight is 487 g/mol. The van der Waals surface area contributed by atoms with Gasteiger partial charge in [-0.1, -0.05) is 0 Å². The molecule has 2 aromatic carbocycles. The number of nitrogens with zero attached hydrogens (tertiary/aromatic N) is 1. The zero-order valence-corrected chi connectivity index (χ0v) is 19.9. The molecule has 0 saturated carbocycles. The van der Waals surface area contributed by atoms with Crippen molar-refractivity contribution in [2.24, 2.45) is 0 Å². The van der Waals surface area contributed by atoms with Crippen LogP contribution in [0.3, 0.4) is 0 Å². The molecule has 1 saturated heterocycles. The SMILES string of the molecule is CC(C)(C)OC(=O)N1CCC[C@@H](OC(=O)c2ccc(O)c(O)c2)[C@H](NC(=O)c2ccc(O)cc2)C1. The Morgan fingerprint density at radius 3 is 2.26 bits per heavy atom. The summed E-state index contributed by atoms with van der Waals surface area (Å²) < 4.78 is 11.2. The van der Waals surface area contributed by atoms with E-state index >= 15 is 0 Å². The number of carbonyl (C=O) groups is 3. The molecule has 4 N–H and O–H groups in total. The van der Waals surface area contributed by atoms with Gasteiger partial charge in [0.05, 0.1) is 11.6 Å². The van der Waals surface area contributed by atoms with E-state index in [-0.39, 0.29) is 29.2 Å². The lowest BCUT2D eigenvalue weighted by atomic mass is 10.1. The monoisotopic (exact) mass is 486 g/mol. The Balaban J connectivity index is 1.82. The first-order valence-electron chi connectivity index (χ1n) is 11.2. The van der Waals surface area contributed by atoms with Crippen molar-refractivity contribution in [2.75, 3.05) is 13.1 Å². The van der Waals surface area contributed by atoms with Gasteiger partial charge >= 0.3 is 12.1 Å². The maximum atomic E-state index is 12.9. The van der Waals surface area contributed by atoms with Crippen LogP contribution in [0, 0.1) is 0 Å². The number of phenols is 3. The lowest BCUT2D eigenvalue weighted by Crippen LogP contribution is -2.51. The largest absolute Gasteiger partial charge is 0.508 e. The van der Waals surface area contributed by atoms with Crippen molar-refractivity contribution in [1.82, 2.24) is 10.2 Å². The van der Waals surface area contributed by atoms with E-state index in [4.69, 9.17) is 9.47 Å². The van der Waals surface area contributed by atoms with E-state index in [1.54, 1.807) is 20.8 Å². The van der Waals surface area contributed by atoms with Gasteiger partial charge in [-0.15, -0.1) is 0 Å². The molecule has 2 atom stereocenters. The fourth-order valence-corrected chi connectivity index (χ4v) is 3.62. The number of aromatic hydroxyl groups is 3. The summed E-state index contributed by atoms with van der Waals surface area (Å²) in [6.07, 6.45) is -0.483. The maximum absolute atomic E-state index is 12.9. The summed E-state index contributed by atoms with van der Waals surface area (Å²) in [6.45, 7) is 5.64. The van der Waals surface area contributed by atoms with Gasteiger partial charge < -0.3 is 35.0 Å². The fraction of sp³-hybridized carbons (Fsp3) is 0.400. The summed E-state index contributed by atoms with van der Waals surface area (Å²) in [5.41, 5.74) is -0.400. The molecule has 0 aromatic heterocycles. The average Bonchev–Trinajstić information content (AvgIpc) is 2.97. The van der Waals surface area contributed by atoms with E-state index in [1.807, 2.05) is 0 Å². The van der Waals surface area contributed by atoms with Gasteiger partial charge in [-0.25, -0.2) is 9.59 Å². The smallest absolute Gasteiger partial charge is 0.410 e. The molecule has 0 spiro atoms. The molecule has 10 heteroatoms. The summed E-state index contributed by atoms with van der Waals surface area (Å²) in [6, 6.07) is 8.47. The minimum absolute atomic E-state index is 0.0103. The highest BCUT2D eigenvalue weighted by molar-refractivity contribution is 5.94. The first kappa shape index (κ1) is 25.7. The third-order valence-electron chi connectivity index (χ3n) is 5.35. The van der Waals surface area contributed by atoms with Crippen molar-refractivity contribution in [3.8, 4) is 17.2 Å². The third kappa shape index (κ3) is 7.02. The normalized spacial score (nSPS) is 18.3. The number of amides is 2. The van der Waals surface area contributed by atoms with Crippen molar-refractivity contribution in [3.05, 3.63) is 53.6 Å². The van der Waals surface area contributed by atoms with Crippen LogP contribution in [-0.2, 0) is 9.47 Å². The number of carbonyl (C=O) groups excluding carboxylic acids is 3. The van der Waals surface area contributed by atoms with Crippen LogP contribution < -0.4 is 5.32 Å². The molecule has 0 bridgehead atoms. The summed E-state index contributed by atoms with van der Waals surface area (Å²) >= 11 is 0. The molecule has 1 aliphatic rings. The molecular formula is C25H30N2O8. The topological polar surface area (TPSA) is 146 Å². The van der Waals surface area contributed by atoms with Crippen molar-refractivity contribution < 1.29 is 39.2 Å². The summed E-state index contributed by atoms with van der Waals surface area (Å²) in [5.74, 6) is -2.04. The summed E-state index contributed by atoms with van der Waals surface area (Å²) in [7, 11) is 0. The number of likely N-dealkylation sites (tertiary alicyclic amines) is 1. The highest BCUT2D eigenvalue weighted by Crippen LogP contribution is 2.26. The van der Waals surface area contributed by atoms with E-state index < -0.39 is 41.5 Å². The Labute approximate surface area is 203 Å². The molecule has 2 amide bonds. The molecule has 35 heavy (non-hydrogen) atoms. The van der Waals surface area contributed by atoms with Crippen LogP contribution in [0.15, 0.2) is 42.5 Å². The Morgan fingerprint density at radius 2 is 1.63 bits per heavy atom. The minimum Gasteiger partial charge on any atom is -0.508 e. The maximum Gasteiger partial charge on any atom is 0.410 e. The van der Waals surface area contributed by atoms with E-state index in [2.05, 4.69) is 5.32 Å². The van der Waals surface area contributed by atoms with Crippen LogP contribution >= 0.6 is 0 Å². The van der Waals surface area contributed by atoms with Crippen molar-refractivity contribution in [2.45, 2.75) is 51.4 Å². The van der Waals surface area contributed by atoms with E-state index in [1.165, 1.54) is 41.3 Å². The van der Waals surface area contributed by atoms with Crippen LogP contribution in [0.4, 0.5) is 4.79 Å². The summed E-state index contributed by atoms with van der Waals surface area (Å²) in [5, 5.41) is 31.5. The lowest BCUT2D eigenvalue weighted by molar-refractivity contribution is 0.0127. The van der Waals surface area contributed by atoms with Gasteiger partial charge in [-0.05, 0) is 76.1 Å². The standard InChI is InChI=1S/C25H30N2O8/c1-25(2,3)35-24(33)27-12-4-5-21(34-23(32)16-8-11-19(29)20(30)13-16)18(14-27)26-22(31)15-6-9-17(28)10-7-15/h6-11,13,18,21,28-30H,4-5,12,14H2,1-3H3,(H,26,31)/t18-,21-/m1/s1. The van der Waals surface area contributed by atoms with Crippen LogP contribution in [-0.4, -0.2) is 69.0 Å². The molecule has 3 rings (SSSR count). The zero-order valence-electron chi connectivity index (χ0n) is 19.9. The highest BCUT2D eigenvalue weighted by Gasteiger charge is 2.35. The molecule has 0 radical (unpaired) electrons. The predicted molar refractivity (Wildman–Crippen MR) is 125 cm³/mol. The van der Waals surface area contributed by atoms with E-state index in [0.717, 1.165) is 6.07 Å². The lowest BCUT2D eigenvalue weighted by Gasteiger charge is -2.30. The zero-order chi connectivity index (χ0) is 25.8. The number of hydrogen-bond acceptors (Lipinski definition) is 8. The Hall–Kier alpha value is -3.95. The first-order valence-corrected chi connectivity index (χ1v) is 11.2. The first-order chi connectivity index (χ1) is 16.4. The van der Waals surface area contributed by atoms with Crippen LogP contribution in [0.1, 0.15) is 54.3 Å². The quantitative estimate of drug-likeness (QED) is 0.381. The molecule has 2 aromatic rings. The molecule has 1 heterocycles. The van der Waals surface area contributed by atoms with Gasteiger partial charge in [0, 0.05) is 18.7 Å². The number of nitrogens with one attached hydrogen (secondary N) is 1. The molecule has 10 nitrogen and oxygen atoms in total. The van der Waals surface area contributed by atoms with Gasteiger partial charge in [0.15, 0.2) is 11.5 Å². The number of hydrogen-bond donors (Lipinski definition) is 4.